The minimum atomic E-state index is 0.229. The molecule has 6 heteroatoms. The molecule has 0 saturated carbocycles. The molecule has 0 N–H and O–H groups in total. The van der Waals surface area contributed by atoms with Crippen molar-refractivity contribution in [2.45, 2.75) is 32.7 Å². The van der Waals surface area contributed by atoms with Crippen molar-refractivity contribution < 1.29 is 14.1 Å². The lowest BCUT2D eigenvalue weighted by Crippen LogP contribution is -2.35. The van der Waals surface area contributed by atoms with Crippen LogP contribution in [0.5, 0.6) is 5.75 Å². The van der Waals surface area contributed by atoms with Crippen LogP contribution in [0.15, 0.2) is 34.9 Å². The van der Waals surface area contributed by atoms with E-state index in [0.29, 0.717) is 6.42 Å². The maximum absolute atomic E-state index is 12.6. The van der Waals surface area contributed by atoms with Crippen molar-refractivity contribution in [1.82, 2.24) is 15.0 Å². The fourth-order valence-corrected chi connectivity index (χ4v) is 3.34. The highest BCUT2D eigenvalue weighted by Gasteiger charge is 2.19. The van der Waals surface area contributed by atoms with Crippen molar-refractivity contribution in [3.8, 4) is 5.75 Å². The number of aromatic nitrogens is 1. The molecule has 1 aliphatic rings. The Kier molecular flexibility index (Phi) is 6.28. The van der Waals surface area contributed by atoms with E-state index in [9.17, 15) is 4.79 Å². The molecule has 0 radical (unpaired) electrons. The predicted octanol–water partition coefficient (Wildman–Crippen LogP) is 2.66. The van der Waals surface area contributed by atoms with Crippen LogP contribution in [0.25, 0.3) is 0 Å². The third kappa shape index (κ3) is 5.08. The summed E-state index contributed by atoms with van der Waals surface area (Å²) in [5, 5.41) is 4.06. The van der Waals surface area contributed by atoms with Gasteiger partial charge in [-0.05, 0) is 37.5 Å². The number of ether oxygens (including phenoxy) is 1. The Balaban J connectivity index is 1.47. The Bertz CT molecular complexity index is 729. The minimum Gasteiger partial charge on any atom is -0.497 e. The van der Waals surface area contributed by atoms with Crippen molar-refractivity contribution in [3.05, 3.63) is 47.3 Å². The molecule has 0 bridgehead atoms. The maximum Gasteiger partial charge on any atom is 0.222 e. The lowest BCUT2D eigenvalue weighted by Gasteiger charge is -2.21. The molecular weight excluding hydrogens is 330 g/mol. The fraction of sp³-hybridized carbons (Fsp3) is 0.500. The molecule has 3 rings (SSSR count). The number of aryl methyl sites for hydroxylation is 2. The molecule has 1 aliphatic heterocycles. The van der Waals surface area contributed by atoms with Crippen LogP contribution in [-0.4, -0.2) is 54.2 Å². The first-order valence-corrected chi connectivity index (χ1v) is 9.19. The van der Waals surface area contributed by atoms with Crippen LogP contribution < -0.4 is 4.74 Å². The summed E-state index contributed by atoms with van der Waals surface area (Å²) < 4.78 is 10.4. The van der Waals surface area contributed by atoms with E-state index >= 15 is 0 Å². The van der Waals surface area contributed by atoms with Gasteiger partial charge in [0.15, 0.2) is 0 Å². The number of hydrogen-bond acceptors (Lipinski definition) is 5. The van der Waals surface area contributed by atoms with Gasteiger partial charge in [0, 0.05) is 45.2 Å². The highest BCUT2D eigenvalue weighted by Crippen LogP contribution is 2.15. The van der Waals surface area contributed by atoms with Crippen molar-refractivity contribution in [1.29, 1.82) is 0 Å². The van der Waals surface area contributed by atoms with E-state index in [2.05, 4.69) is 10.1 Å². The van der Waals surface area contributed by atoms with Crippen molar-refractivity contribution >= 4 is 5.91 Å². The monoisotopic (exact) mass is 357 g/mol. The van der Waals surface area contributed by atoms with Crippen LogP contribution in [0.1, 0.15) is 29.9 Å². The highest BCUT2D eigenvalue weighted by molar-refractivity contribution is 5.76. The van der Waals surface area contributed by atoms with Crippen molar-refractivity contribution in [2.24, 2.45) is 0 Å². The van der Waals surface area contributed by atoms with E-state index in [1.807, 2.05) is 42.2 Å². The zero-order valence-electron chi connectivity index (χ0n) is 15.6. The van der Waals surface area contributed by atoms with Crippen molar-refractivity contribution in [3.63, 3.8) is 0 Å². The van der Waals surface area contributed by atoms with Crippen LogP contribution >= 0.6 is 0 Å². The molecule has 1 aromatic heterocycles. The molecule has 1 aromatic carbocycles. The lowest BCUT2D eigenvalue weighted by molar-refractivity contribution is -0.131. The third-order valence-electron chi connectivity index (χ3n) is 4.77. The molecule has 0 spiro atoms. The number of nitrogens with zero attached hydrogens (tertiary/aromatic N) is 3. The molecular formula is C20H27N3O3. The number of carbonyl (C=O) groups excluding carboxylic acids is 1. The van der Waals surface area contributed by atoms with Gasteiger partial charge in [0.2, 0.25) is 5.91 Å². The number of methoxy groups -OCH3 is 1. The fourth-order valence-electron chi connectivity index (χ4n) is 3.34. The molecule has 1 amide bonds. The molecule has 0 aliphatic carbocycles. The molecule has 2 aromatic rings. The summed E-state index contributed by atoms with van der Waals surface area (Å²) in [7, 11) is 1.66. The largest absolute Gasteiger partial charge is 0.497 e. The van der Waals surface area contributed by atoms with E-state index in [0.717, 1.165) is 68.3 Å². The van der Waals surface area contributed by atoms with Crippen LogP contribution in [0.3, 0.4) is 0 Å². The first-order chi connectivity index (χ1) is 12.6. The predicted molar refractivity (Wildman–Crippen MR) is 99.0 cm³/mol. The summed E-state index contributed by atoms with van der Waals surface area (Å²) in [4.78, 5) is 16.9. The maximum atomic E-state index is 12.6. The topological polar surface area (TPSA) is 58.8 Å². The Labute approximate surface area is 154 Å². The average molecular weight is 357 g/mol. The van der Waals surface area contributed by atoms with Crippen LogP contribution in [0.4, 0.5) is 0 Å². The highest BCUT2D eigenvalue weighted by atomic mass is 16.5. The van der Waals surface area contributed by atoms with E-state index in [1.165, 1.54) is 0 Å². The molecule has 1 saturated heterocycles. The summed E-state index contributed by atoms with van der Waals surface area (Å²) >= 11 is 0. The summed E-state index contributed by atoms with van der Waals surface area (Å²) in [6.07, 6.45) is 2.27. The van der Waals surface area contributed by atoms with Gasteiger partial charge in [0.25, 0.3) is 0 Å². The van der Waals surface area contributed by atoms with Gasteiger partial charge >= 0.3 is 0 Å². The first kappa shape index (κ1) is 18.5. The lowest BCUT2D eigenvalue weighted by atomic mass is 10.1. The van der Waals surface area contributed by atoms with E-state index in [4.69, 9.17) is 9.26 Å². The third-order valence-corrected chi connectivity index (χ3v) is 4.77. The van der Waals surface area contributed by atoms with Gasteiger partial charge in [-0.15, -0.1) is 0 Å². The zero-order chi connectivity index (χ0) is 18.4. The van der Waals surface area contributed by atoms with E-state index < -0.39 is 0 Å². The van der Waals surface area contributed by atoms with Gasteiger partial charge in [-0.1, -0.05) is 17.3 Å². The number of carbonyl (C=O) groups is 1. The normalized spacial score (nSPS) is 15.7. The second-order valence-corrected chi connectivity index (χ2v) is 6.79. The molecule has 1 fully saturated rings. The van der Waals surface area contributed by atoms with Gasteiger partial charge < -0.3 is 14.2 Å². The van der Waals surface area contributed by atoms with Crippen molar-refractivity contribution in [2.75, 3.05) is 33.3 Å². The minimum absolute atomic E-state index is 0.229. The Morgan fingerprint density at radius 1 is 1.23 bits per heavy atom. The Morgan fingerprint density at radius 2 is 2.12 bits per heavy atom. The van der Waals surface area contributed by atoms with Gasteiger partial charge in [-0.3, -0.25) is 9.69 Å². The average Bonchev–Trinajstić information content (AvgIpc) is 2.92. The first-order valence-electron chi connectivity index (χ1n) is 9.19. The van der Waals surface area contributed by atoms with Crippen LogP contribution in [-0.2, 0) is 17.8 Å². The Morgan fingerprint density at radius 3 is 2.88 bits per heavy atom. The summed E-state index contributed by atoms with van der Waals surface area (Å²) in [5.74, 6) is 1.90. The molecule has 0 atom stereocenters. The standard InChI is InChI=1S/C20H27N3O3/c1-16-13-18(21-26-16)15-22-9-4-10-23(12-11-22)20(24)8-7-17-5-3-6-19(14-17)25-2/h3,5-6,13-14H,4,7-12,15H2,1-2H3. The van der Waals surface area contributed by atoms with Gasteiger partial charge in [-0.25, -0.2) is 0 Å². The molecule has 26 heavy (non-hydrogen) atoms. The quantitative estimate of drug-likeness (QED) is 0.795. The number of benzene rings is 1. The molecule has 140 valence electrons. The summed E-state index contributed by atoms with van der Waals surface area (Å²) in [6.45, 7) is 6.13. The second-order valence-electron chi connectivity index (χ2n) is 6.79. The summed E-state index contributed by atoms with van der Waals surface area (Å²) in [6, 6.07) is 9.90. The van der Waals surface area contributed by atoms with E-state index in [1.54, 1.807) is 7.11 Å². The smallest absolute Gasteiger partial charge is 0.222 e. The van der Waals surface area contributed by atoms with Gasteiger partial charge in [0.1, 0.15) is 11.5 Å². The molecule has 0 unspecified atom stereocenters. The molecule has 6 nitrogen and oxygen atoms in total. The second kappa shape index (κ2) is 8.85. The number of rotatable bonds is 6. The van der Waals surface area contributed by atoms with E-state index in [-0.39, 0.29) is 5.91 Å². The SMILES string of the molecule is COc1cccc(CCC(=O)N2CCCN(Cc3cc(C)on3)CC2)c1. The van der Waals surface area contributed by atoms with Crippen LogP contribution in [0, 0.1) is 6.92 Å². The summed E-state index contributed by atoms with van der Waals surface area (Å²) in [5.41, 5.74) is 2.09. The number of amides is 1. The van der Waals surface area contributed by atoms with Gasteiger partial charge in [-0.2, -0.15) is 0 Å². The van der Waals surface area contributed by atoms with Crippen LogP contribution in [0.2, 0.25) is 0 Å². The number of hydrogen-bond donors (Lipinski definition) is 0. The van der Waals surface area contributed by atoms with Gasteiger partial charge in [0.05, 0.1) is 12.8 Å². The Hall–Kier alpha value is -2.34. The molecule has 2 heterocycles. The zero-order valence-corrected chi connectivity index (χ0v) is 15.6.